The summed E-state index contributed by atoms with van der Waals surface area (Å²) in [4.78, 5) is 0. The van der Waals surface area contributed by atoms with Crippen molar-refractivity contribution < 1.29 is 12.8 Å². The summed E-state index contributed by atoms with van der Waals surface area (Å²) in [6.45, 7) is 4.27. The maximum Gasteiger partial charge on any atom is 0.150 e. The lowest BCUT2D eigenvalue weighted by molar-refractivity contribution is 0.558. The molecule has 0 aliphatic carbocycles. The molecule has 0 saturated heterocycles. The molecular weight excluding hydrogens is 253 g/mol. The van der Waals surface area contributed by atoms with Crippen molar-refractivity contribution >= 4 is 9.84 Å². The van der Waals surface area contributed by atoms with E-state index in [0.29, 0.717) is 13.0 Å². The molecule has 0 heterocycles. The fourth-order valence-corrected chi connectivity index (χ4v) is 2.50. The third kappa shape index (κ3) is 5.14. The largest absolute Gasteiger partial charge is 0.310 e. The Bertz CT molecular complexity index is 456. The molecule has 1 unspecified atom stereocenters. The molecule has 1 aromatic carbocycles. The number of rotatable bonds is 7. The van der Waals surface area contributed by atoms with E-state index in [1.807, 2.05) is 6.92 Å². The van der Waals surface area contributed by atoms with Crippen LogP contribution in [0, 0.1) is 5.82 Å². The van der Waals surface area contributed by atoms with Crippen LogP contribution in [0.5, 0.6) is 0 Å². The van der Waals surface area contributed by atoms with Crippen LogP contribution < -0.4 is 5.32 Å². The van der Waals surface area contributed by atoms with Crippen molar-refractivity contribution in [1.82, 2.24) is 5.32 Å². The molecule has 1 N–H and O–H groups in total. The molecule has 0 spiro atoms. The van der Waals surface area contributed by atoms with Crippen LogP contribution in [-0.4, -0.2) is 26.5 Å². The fourth-order valence-electron chi connectivity index (χ4n) is 1.62. The van der Waals surface area contributed by atoms with Crippen LogP contribution in [0.2, 0.25) is 0 Å². The van der Waals surface area contributed by atoms with Crippen molar-refractivity contribution in [2.45, 2.75) is 26.3 Å². The summed E-state index contributed by atoms with van der Waals surface area (Å²) < 4.78 is 35.3. The molecule has 1 aromatic rings. The predicted molar refractivity (Wildman–Crippen MR) is 71.8 cm³/mol. The van der Waals surface area contributed by atoms with Crippen LogP contribution in [0.1, 0.15) is 31.9 Å². The molecule has 1 atom stereocenters. The topological polar surface area (TPSA) is 46.2 Å². The molecule has 1 rings (SSSR count). The summed E-state index contributed by atoms with van der Waals surface area (Å²) in [7, 11) is -2.88. The smallest absolute Gasteiger partial charge is 0.150 e. The molecule has 0 saturated carbocycles. The molecule has 3 nitrogen and oxygen atoms in total. The van der Waals surface area contributed by atoms with Crippen LogP contribution in [0.3, 0.4) is 0 Å². The molecule has 5 heteroatoms. The van der Waals surface area contributed by atoms with Gasteiger partial charge in [-0.2, -0.15) is 0 Å². The molecule has 0 amide bonds. The minimum absolute atomic E-state index is 0.0925. The average Bonchev–Trinajstić information content (AvgIpc) is 2.35. The molecule has 18 heavy (non-hydrogen) atoms. The number of nitrogens with one attached hydrogen (secondary N) is 1. The summed E-state index contributed by atoms with van der Waals surface area (Å²) in [5.41, 5.74) is 0.995. The number of benzene rings is 1. The van der Waals surface area contributed by atoms with Gasteiger partial charge in [-0.3, -0.25) is 0 Å². The van der Waals surface area contributed by atoms with E-state index in [1.165, 1.54) is 12.1 Å². The Morgan fingerprint density at radius 1 is 1.28 bits per heavy atom. The molecule has 0 aromatic heterocycles. The molecule has 0 aliphatic rings. The van der Waals surface area contributed by atoms with Crippen LogP contribution in [0.4, 0.5) is 4.39 Å². The van der Waals surface area contributed by atoms with E-state index >= 15 is 0 Å². The van der Waals surface area contributed by atoms with E-state index in [2.05, 4.69) is 5.32 Å². The van der Waals surface area contributed by atoms with Gasteiger partial charge in [0.05, 0.1) is 5.75 Å². The van der Waals surface area contributed by atoms with Crippen LogP contribution in [-0.2, 0) is 9.84 Å². The Labute approximate surface area is 108 Å². The van der Waals surface area contributed by atoms with Crippen molar-refractivity contribution in [3.05, 3.63) is 35.6 Å². The SMILES string of the molecule is CCS(=O)(=O)CCCNC(C)c1ccc(F)cc1. The second-order valence-electron chi connectivity index (χ2n) is 4.32. The van der Waals surface area contributed by atoms with Gasteiger partial charge in [0.25, 0.3) is 0 Å². The minimum atomic E-state index is -2.88. The van der Waals surface area contributed by atoms with E-state index in [9.17, 15) is 12.8 Å². The van der Waals surface area contributed by atoms with Gasteiger partial charge in [-0.15, -0.1) is 0 Å². The maximum absolute atomic E-state index is 12.7. The first-order valence-corrected chi connectivity index (χ1v) is 7.96. The fraction of sp³-hybridized carbons (Fsp3) is 0.538. The molecule has 0 fully saturated rings. The molecule has 0 aliphatic heterocycles. The number of hydrogen-bond donors (Lipinski definition) is 1. The minimum Gasteiger partial charge on any atom is -0.310 e. The van der Waals surface area contributed by atoms with Crippen LogP contribution in [0.25, 0.3) is 0 Å². The molecule has 0 bridgehead atoms. The van der Waals surface area contributed by atoms with Gasteiger partial charge in [0.1, 0.15) is 15.7 Å². The molecular formula is C13H20FNO2S. The van der Waals surface area contributed by atoms with Gasteiger partial charge in [-0.25, -0.2) is 12.8 Å². The first kappa shape index (κ1) is 15.1. The van der Waals surface area contributed by atoms with E-state index in [1.54, 1.807) is 19.1 Å². The van der Waals surface area contributed by atoms with Crippen molar-refractivity contribution in [2.24, 2.45) is 0 Å². The van der Waals surface area contributed by atoms with Gasteiger partial charge in [0.15, 0.2) is 0 Å². The first-order chi connectivity index (χ1) is 8.44. The normalized spacial score (nSPS) is 13.5. The third-order valence-corrected chi connectivity index (χ3v) is 4.68. The first-order valence-electron chi connectivity index (χ1n) is 6.14. The van der Waals surface area contributed by atoms with Gasteiger partial charge >= 0.3 is 0 Å². The Balaban J connectivity index is 2.34. The van der Waals surface area contributed by atoms with Gasteiger partial charge in [0.2, 0.25) is 0 Å². The third-order valence-electron chi connectivity index (χ3n) is 2.89. The Morgan fingerprint density at radius 2 is 1.89 bits per heavy atom. The summed E-state index contributed by atoms with van der Waals surface area (Å²) in [6.07, 6.45) is 0.599. The van der Waals surface area contributed by atoms with Crippen molar-refractivity contribution in [3.63, 3.8) is 0 Å². The Hall–Kier alpha value is -0.940. The van der Waals surface area contributed by atoms with Gasteiger partial charge in [-0.05, 0) is 37.6 Å². The highest BCUT2D eigenvalue weighted by Gasteiger charge is 2.08. The highest BCUT2D eigenvalue weighted by Crippen LogP contribution is 2.12. The maximum atomic E-state index is 12.7. The summed E-state index contributed by atoms with van der Waals surface area (Å²) in [5.74, 6) is 0.160. The summed E-state index contributed by atoms with van der Waals surface area (Å²) in [6, 6.07) is 6.41. The monoisotopic (exact) mass is 273 g/mol. The average molecular weight is 273 g/mol. The zero-order chi connectivity index (χ0) is 13.6. The predicted octanol–water partition coefficient (Wildman–Crippen LogP) is 2.30. The van der Waals surface area contributed by atoms with Crippen molar-refractivity contribution in [1.29, 1.82) is 0 Å². The molecule has 0 radical (unpaired) electrons. The molecule has 102 valence electrons. The Kier molecular flexibility index (Phi) is 5.75. The zero-order valence-corrected chi connectivity index (χ0v) is 11.6. The second kappa shape index (κ2) is 6.85. The van der Waals surface area contributed by atoms with Gasteiger partial charge in [-0.1, -0.05) is 19.1 Å². The van der Waals surface area contributed by atoms with Gasteiger partial charge < -0.3 is 5.32 Å². The van der Waals surface area contributed by atoms with Crippen LogP contribution in [0.15, 0.2) is 24.3 Å². The highest BCUT2D eigenvalue weighted by atomic mass is 32.2. The van der Waals surface area contributed by atoms with E-state index in [4.69, 9.17) is 0 Å². The van der Waals surface area contributed by atoms with Crippen LogP contribution >= 0.6 is 0 Å². The lowest BCUT2D eigenvalue weighted by Gasteiger charge is -2.14. The number of sulfone groups is 1. The number of hydrogen-bond acceptors (Lipinski definition) is 3. The van der Waals surface area contributed by atoms with E-state index in [-0.39, 0.29) is 23.4 Å². The van der Waals surface area contributed by atoms with E-state index in [0.717, 1.165) is 5.56 Å². The van der Waals surface area contributed by atoms with Crippen molar-refractivity contribution in [2.75, 3.05) is 18.1 Å². The lowest BCUT2D eigenvalue weighted by atomic mass is 10.1. The quantitative estimate of drug-likeness (QED) is 0.775. The van der Waals surface area contributed by atoms with Crippen molar-refractivity contribution in [3.8, 4) is 0 Å². The number of halogens is 1. The summed E-state index contributed by atoms with van der Waals surface area (Å²) in [5, 5.41) is 3.23. The zero-order valence-electron chi connectivity index (χ0n) is 10.8. The Morgan fingerprint density at radius 3 is 2.44 bits per heavy atom. The standard InChI is InChI=1S/C13H20FNO2S/c1-3-18(16,17)10-4-9-15-11(2)12-5-7-13(14)8-6-12/h5-8,11,15H,3-4,9-10H2,1-2H3. The second-order valence-corrected chi connectivity index (χ2v) is 6.79. The lowest BCUT2D eigenvalue weighted by Crippen LogP contribution is -2.22. The van der Waals surface area contributed by atoms with E-state index < -0.39 is 9.84 Å². The summed E-state index contributed by atoms with van der Waals surface area (Å²) >= 11 is 0. The highest BCUT2D eigenvalue weighted by molar-refractivity contribution is 7.91. The van der Waals surface area contributed by atoms with Gasteiger partial charge in [0, 0.05) is 11.8 Å².